The normalized spacial score (nSPS) is 11.8. The van der Waals surface area contributed by atoms with Crippen molar-refractivity contribution in [3.8, 4) is 0 Å². The number of sulfonamides is 1. The lowest BCUT2D eigenvalue weighted by Crippen LogP contribution is -2.25. The van der Waals surface area contributed by atoms with Gasteiger partial charge >= 0.3 is 0 Å². The summed E-state index contributed by atoms with van der Waals surface area (Å²) >= 11 is 0. The zero-order valence-corrected chi connectivity index (χ0v) is 8.42. The summed E-state index contributed by atoms with van der Waals surface area (Å²) in [4.78, 5) is 6.13. The Hall–Kier alpha value is -0.920. The fraction of sp³-hybridized carbons (Fsp3) is 0.571. The zero-order valence-electron chi connectivity index (χ0n) is 7.60. The summed E-state index contributed by atoms with van der Waals surface area (Å²) in [5, 5.41) is 8.54. The second-order valence-corrected chi connectivity index (χ2v) is 4.48. The van der Waals surface area contributed by atoms with E-state index in [0.717, 1.165) is 0 Å². The summed E-state index contributed by atoms with van der Waals surface area (Å²) in [5.74, 6) is 0. The van der Waals surface area contributed by atoms with Crippen molar-refractivity contribution in [2.45, 2.75) is 17.9 Å². The molecule has 0 unspecified atom stereocenters. The third-order valence-electron chi connectivity index (χ3n) is 1.64. The maximum Gasteiger partial charge on any atom is 0.257 e. The molecule has 0 saturated heterocycles. The zero-order chi connectivity index (χ0) is 10.4. The molecule has 3 N–H and O–H groups in total. The van der Waals surface area contributed by atoms with Crippen LogP contribution in [0.15, 0.2) is 17.6 Å². The summed E-state index contributed by atoms with van der Waals surface area (Å²) in [6, 6.07) is 0. The van der Waals surface area contributed by atoms with Crippen molar-refractivity contribution in [1.82, 2.24) is 14.7 Å². The van der Waals surface area contributed by atoms with E-state index in [4.69, 9.17) is 5.11 Å². The van der Waals surface area contributed by atoms with E-state index in [1.165, 1.54) is 12.5 Å². The van der Waals surface area contributed by atoms with Gasteiger partial charge in [-0.1, -0.05) is 0 Å². The molecule has 80 valence electrons. The number of hydrogen-bond acceptors (Lipinski definition) is 4. The molecule has 1 aromatic rings. The molecule has 0 saturated carbocycles. The van der Waals surface area contributed by atoms with Crippen LogP contribution in [0.4, 0.5) is 0 Å². The van der Waals surface area contributed by atoms with Gasteiger partial charge in [0.2, 0.25) is 0 Å². The molecule has 0 bridgehead atoms. The lowest BCUT2D eigenvalue weighted by Gasteiger charge is -2.02. The van der Waals surface area contributed by atoms with Gasteiger partial charge in [0.05, 0.1) is 12.5 Å². The molecule has 0 spiro atoms. The Morgan fingerprint density at radius 2 is 2.29 bits per heavy atom. The van der Waals surface area contributed by atoms with Gasteiger partial charge in [0.1, 0.15) is 0 Å². The van der Waals surface area contributed by atoms with Gasteiger partial charge in [-0.25, -0.2) is 18.1 Å². The van der Waals surface area contributed by atoms with Gasteiger partial charge in [0.15, 0.2) is 5.03 Å². The van der Waals surface area contributed by atoms with Crippen molar-refractivity contribution in [2.24, 2.45) is 0 Å². The number of aliphatic hydroxyl groups is 1. The first kappa shape index (κ1) is 11.2. The monoisotopic (exact) mass is 219 g/mol. The van der Waals surface area contributed by atoms with Crippen molar-refractivity contribution in [3.05, 3.63) is 12.5 Å². The highest BCUT2D eigenvalue weighted by Gasteiger charge is 2.13. The summed E-state index contributed by atoms with van der Waals surface area (Å²) in [5.41, 5.74) is 0. The first-order valence-corrected chi connectivity index (χ1v) is 5.74. The molecule has 0 aromatic carbocycles. The number of H-pyrrole nitrogens is 1. The SMILES string of the molecule is O=S(=O)(NCCCCO)c1cnc[nH]1. The number of nitrogens with zero attached hydrogens (tertiary/aromatic N) is 1. The number of hydrogen-bond donors (Lipinski definition) is 3. The molecule has 0 atom stereocenters. The molecule has 7 heteroatoms. The van der Waals surface area contributed by atoms with Crippen LogP contribution in [0, 0.1) is 0 Å². The highest BCUT2D eigenvalue weighted by molar-refractivity contribution is 7.89. The molecule has 0 aliphatic heterocycles. The quantitative estimate of drug-likeness (QED) is 0.560. The minimum atomic E-state index is -3.45. The lowest BCUT2D eigenvalue weighted by molar-refractivity contribution is 0.285. The molecular weight excluding hydrogens is 206 g/mol. The van der Waals surface area contributed by atoms with Crippen molar-refractivity contribution in [1.29, 1.82) is 0 Å². The van der Waals surface area contributed by atoms with Gasteiger partial charge in [-0.05, 0) is 12.8 Å². The molecule has 0 fully saturated rings. The van der Waals surface area contributed by atoms with Crippen molar-refractivity contribution < 1.29 is 13.5 Å². The fourth-order valence-corrected chi connectivity index (χ4v) is 1.89. The number of aliphatic hydroxyl groups excluding tert-OH is 1. The number of aromatic amines is 1. The number of nitrogens with one attached hydrogen (secondary N) is 2. The predicted octanol–water partition coefficient (Wildman–Crippen LogP) is -0.540. The van der Waals surface area contributed by atoms with E-state index < -0.39 is 10.0 Å². The molecule has 0 aliphatic carbocycles. The Balaban J connectivity index is 2.44. The van der Waals surface area contributed by atoms with Gasteiger partial charge in [-0.15, -0.1) is 0 Å². The van der Waals surface area contributed by atoms with Crippen LogP contribution in [-0.4, -0.2) is 36.6 Å². The molecule has 0 amide bonds. The Morgan fingerprint density at radius 3 is 2.86 bits per heavy atom. The van der Waals surface area contributed by atoms with Crippen LogP contribution in [0.5, 0.6) is 0 Å². The highest BCUT2D eigenvalue weighted by Crippen LogP contribution is 2.01. The first-order chi connectivity index (χ1) is 6.67. The second kappa shape index (κ2) is 5.08. The standard InChI is InChI=1S/C7H13N3O3S/c11-4-2-1-3-10-14(12,13)7-5-8-6-9-7/h5-6,10-11H,1-4H2,(H,8,9). The maximum atomic E-state index is 11.4. The largest absolute Gasteiger partial charge is 0.396 e. The molecule has 1 aromatic heterocycles. The van der Waals surface area contributed by atoms with Gasteiger partial charge in [-0.3, -0.25) is 0 Å². The van der Waals surface area contributed by atoms with Crippen LogP contribution in [-0.2, 0) is 10.0 Å². The maximum absolute atomic E-state index is 11.4. The number of aromatic nitrogens is 2. The topological polar surface area (TPSA) is 95.1 Å². The summed E-state index contributed by atoms with van der Waals surface area (Å²) < 4.78 is 25.2. The Labute approximate surface area is 82.4 Å². The van der Waals surface area contributed by atoms with Crippen LogP contribution in [0.2, 0.25) is 0 Å². The van der Waals surface area contributed by atoms with E-state index >= 15 is 0 Å². The molecular formula is C7H13N3O3S. The van der Waals surface area contributed by atoms with Crippen LogP contribution in [0.1, 0.15) is 12.8 Å². The number of unbranched alkanes of at least 4 members (excludes halogenated alkanes) is 1. The van der Waals surface area contributed by atoms with Crippen LogP contribution >= 0.6 is 0 Å². The average Bonchev–Trinajstić information content (AvgIpc) is 2.65. The molecule has 1 heterocycles. The van der Waals surface area contributed by atoms with Gasteiger partial charge in [-0.2, -0.15) is 0 Å². The minimum Gasteiger partial charge on any atom is -0.396 e. The lowest BCUT2D eigenvalue weighted by atomic mass is 10.3. The Kier molecular flexibility index (Phi) is 4.05. The van der Waals surface area contributed by atoms with E-state index in [1.807, 2.05) is 0 Å². The van der Waals surface area contributed by atoms with Crippen molar-refractivity contribution >= 4 is 10.0 Å². The summed E-state index contributed by atoms with van der Waals surface area (Å²) in [6.07, 6.45) is 3.76. The summed E-state index contributed by atoms with van der Waals surface area (Å²) in [7, 11) is -3.45. The van der Waals surface area contributed by atoms with Gasteiger partial charge < -0.3 is 10.1 Å². The summed E-state index contributed by atoms with van der Waals surface area (Å²) in [6.45, 7) is 0.397. The van der Waals surface area contributed by atoms with Crippen LogP contribution < -0.4 is 4.72 Å². The van der Waals surface area contributed by atoms with Gasteiger partial charge in [0, 0.05) is 13.2 Å². The third kappa shape index (κ3) is 3.09. The second-order valence-electron chi connectivity index (χ2n) is 2.74. The molecule has 14 heavy (non-hydrogen) atoms. The molecule has 1 rings (SSSR count). The van der Waals surface area contributed by atoms with Crippen LogP contribution in [0.25, 0.3) is 0 Å². The number of rotatable bonds is 6. The average molecular weight is 219 g/mol. The third-order valence-corrected chi connectivity index (χ3v) is 3.03. The van der Waals surface area contributed by atoms with E-state index in [0.29, 0.717) is 19.4 Å². The Morgan fingerprint density at radius 1 is 1.50 bits per heavy atom. The van der Waals surface area contributed by atoms with Crippen molar-refractivity contribution in [2.75, 3.05) is 13.2 Å². The van der Waals surface area contributed by atoms with E-state index in [-0.39, 0.29) is 11.6 Å². The first-order valence-electron chi connectivity index (χ1n) is 4.26. The van der Waals surface area contributed by atoms with Crippen LogP contribution in [0.3, 0.4) is 0 Å². The molecule has 6 nitrogen and oxygen atoms in total. The van der Waals surface area contributed by atoms with E-state index in [2.05, 4.69) is 14.7 Å². The predicted molar refractivity (Wildman–Crippen MR) is 50.1 cm³/mol. The number of imidazole rings is 1. The minimum absolute atomic E-state index is 0.0569. The van der Waals surface area contributed by atoms with E-state index in [9.17, 15) is 8.42 Å². The molecule has 0 radical (unpaired) electrons. The fourth-order valence-electron chi connectivity index (χ4n) is 0.911. The Bertz CT molecular complexity index is 346. The van der Waals surface area contributed by atoms with E-state index in [1.54, 1.807) is 0 Å². The highest BCUT2D eigenvalue weighted by atomic mass is 32.2. The smallest absolute Gasteiger partial charge is 0.257 e. The van der Waals surface area contributed by atoms with Crippen molar-refractivity contribution in [3.63, 3.8) is 0 Å². The van der Waals surface area contributed by atoms with Gasteiger partial charge in [0.25, 0.3) is 10.0 Å². The molecule has 0 aliphatic rings.